The average Bonchev–Trinajstić information content (AvgIpc) is 2.48. The average molecular weight is 286 g/mol. The zero-order chi connectivity index (χ0) is 14.7. The fourth-order valence-electron chi connectivity index (χ4n) is 1.75. The first-order valence-electron chi connectivity index (χ1n) is 5.86. The number of nitriles is 1. The molecule has 2 aromatic rings. The van der Waals surface area contributed by atoms with E-state index < -0.39 is 0 Å². The number of rotatable bonds is 2. The summed E-state index contributed by atoms with van der Waals surface area (Å²) in [5, 5.41) is 9.17. The summed E-state index contributed by atoms with van der Waals surface area (Å²) in [5.74, 6) is -0.196. The van der Waals surface area contributed by atoms with Gasteiger partial charge in [0.15, 0.2) is 0 Å². The lowest BCUT2D eigenvalue weighted by Gasteiger charge is -2.17. The van der Waals surface area contributed by atoms with E-state index in [0.717, 1.165) is 0 Å². The van der Waals surface area contributed by atoms with Gasteiger partial charge in [0.05, 0.1) is 22.3 Å². The van der Waals surface area contributed by atoms with Crippen LogP contribution < -0.4 is 10.6 Å². The molecule has 2 aromatic carbocycles. The molecule has 0 heterocycles. The standard InChI is InChI=1S/C15H12ClN3O/c1-19(12-5-2-10(9-17)3-6-12)15(20)11-4-7-13(16)14(18)8-11/h2-8H,18H2,1H3. The molecule has 0 fully saturated rings. The third-order valence-corrected chi connectivity index (χ3v) is 3.28. The number of carbonyl (C=O) groups excluding carboxylic acids is 1. The van der Waals surface area contributed by atoms with Gasteiger partial charge in [-0.3, -0.25) is 4.79 Å². The minimum absolute atomic E-state index is 0.196. The molecule has 0 spiro atoms. The molecule has 0 aliphatic carbocycles. The summed E-state index contributed by atoms with van der Waals surface area (Å²) in [6.07, 6.45) is 0. The van der Waals surface area contributed by atoms with E-state index in [4.69, 9.17) is 22.6 Å². The lowest BCUT2D eigenvalue weighted by molar-refractivity contribution is 0.0993. The number of amides is 1. The van der Waals surface area contributed by atoms with Crippen LogP contribution in [0.1, 0.15) is 15.9 Å². The Labute approximate surface area is 122 Å². The summed E-state index contributed by atoms with van der Waals surface area (Å²) in [6.45, 7) is 0. The molecule has 2 rings (SSSR count). The Bertz CT molecular complexity index is 689. The summed E-state index contributed by atoms with van der Waals surface area (Å²) in [7, 11) is 1.66. The first kappa shape index (κ1) is 13.9. The van der Waals surface area contributed by atoms with Crippen LogP contribution in [-0.2, 0) is 0 Å². The third kappa shape index (κ3) is 2.73. The largest absolute Gasteiger partial charge is 0.398 e. The van der Waals surface area contributed by atoms with E-state index >= 15 is 0 Å². The van der Waals surface area contributed by atoms with E-state index in [-0.39, 0.29) is 5.91 Å². The van der Waals surface area contributed by atoms with Gasteiger partial charge in [0.1, 0.15) is 0 Å². The smallest absolute Gasteiger partial charge is 0.258 e. The molecule has 0 radical (unpaired) electrons. The van der Waals surface area contributed by atoms with Gasteiger partial charge in [-0.1, -0.05) is 11.6 Å². The second-order valence-electron chi connectivity index (χ2n) is 4.26. The van der Waals surface area contributed by atoms with Crippen LogP contribution in [0.4, 0.5) is 11.4 Å². The molecule has 0 saturated heterocycles. The van der Waals surface area contributed by atoms with E-state index in [1.165, 1.54) is 4.90 Å². The van der Waals surface area contributed by atoms with Gasteiger partial charge >= 0.3 is 0 Å². The molecule has 20 heavy (non-hydrogen) atoms. The highest BCUT2D eigenvalue weighted by molar-refractivity contribution is 6.33. The number of hydrogen-bond donors (Lipinski definition) is 1. The van der Waals surface area contributed by atoms with Crippen LogP contribution in [0, 0.1) is 11.3 Å². The van der Waals surface area contributed by atoms with E-state index in [9.17, 15) is 4.79 Å². The number of nitrogen functional groups attached to an aromatic ring is 1. The van der Waals surface area contributed by atoms with Crippen molar-refractivity contribution >= 4 is 28.9 Å². The number of benzene rings is 2. The second-order valence-corrected chi connectivity index (χ2v) is 4.67. The molecular weight excluding hydrogens is 274 g/mol. The SMILES string of the molecule is CN(C(=O)c1ccc(Cl)c(N)c1)c1ccc(C#N)cc1. The zero-order valence-electron chi connectivity index (χ0n) is 10.8. The molecule has 0 bridgehead atoms. The molecule has 0 aromatic heterocycles. The maximum absolute atomic E-state index is 12.3. The van der Waals surface area contributed by atoms with Gasteiger partial charge < -0.3 is 10.6 Å². The Kier molecular flexibility index (Phi) is 3.92. The Morgan fingerprint density at radius 2 is 1.90 bits per heavy atom. The fourth-order valence-corrected chi connectivity index (χ4v) is 1.86. The molecule has 5 heteroatoms. The Morgan fingerprint density at radius 3 is 2.45 bits per heavy atom. The predicted molar refractivity (Wildman–Crippen MR) is 79.8 cm³/mol. The van der Waals surface area contributed by atoms with Crippen LogP contribution >= 0.6 is 11.6 Å². The van der Waals surface area contributed by atoms with E-state index in [2.05, 4.69) is 0 Å². The molecule has 1 amide bonds. The lowest BCUT2D eigenvalue weighted by atomic mass is 10.1. The van der Waals surface area contributed by atoms with Crippen LogP contribution in [-0.4, -0.2) is 13.0 Å². The fraction of sp³-hybridized carbons (Fsp3) is 0.0667. The maximum Gasteiger partial charge on any atom is 0.258 e. The molecule has 0 unspecified atom stereocenters. The van der Waals surface area contributed by atoms with Crippen LogP contribution in [0.5, 0.6) is 0 Å². The number of halogens is 1. The first-order valence-corrected chi connectivity index (χ1v) is 6.24. The van der Waals surface area contributed by atoms with Crippen molar-refractivity contribution in [1.82, 2.24) is 0 Å². The van der Waals surface area contributed by atoms with Crippen LogP contribution in [0.15, 0.2) is 42.5 Å². The van der Waals surface area contributed by atoms with Crippen molar-refractivity contribution in [3.05, 3.63) is 58.6 Å². The Balaban J connectivity index is 2.27. The topological polar surface area (TPSA) is 70.1 Å². The summed E-state index contributed by atoms with van der Waals surface area (Å²) in [5.41, 5.74) is 7.76. The summed E-state index contributed by atoms with van der Waals surface area (Å²) in [4.78, 5) is 13.8. The minimum Gasteiger partial charge on any atom is -0.398 e. The molecular formula is C15H12ClN3O. The highest BCUT2D eigenvalue weighted by Gasteiger charge is 2.14. The second kappa shape index (κ2) is 5.64. The van der Waals surface area contributed by atoms with Crippen LogP contribution in [0.3, 0.4) is 0 Å². The zero-order valence-corrected chi connectivity index (χ0v) is 11.6. The lowest BCUT2D eigenvalue weighted by Crippen LogP contribution is -2.26. The summed E-state index contributed by atoms with van der Waals surface area (Å²) >= 11 is 5.83. The van der Waals surface area contributed by atoms with Gasteiger partial charge in [-0.2, -0.15) is 5.26 Å². The van der Waals surface area contributed by atoms with Gasteiger partial charge in [-0.25, -0.2) is 0 Å². The number of anilines is 2. The van der Waals surface area contributed by atoms with Crippen molar-refractivity contribution in [3.8, 4) is 6.07 Å². The molecule has 0 saturated carbocycles. The monoisotopic (exact) mass is 285 g/mol. The van der Waals surface area contributed by atoms with Crippen LogP contribution in [0.25, 0.3) is 0 Å². The predicted octanol–water partition coefficient (Wildman–Crippen LogP) is 3.07. The highest BCUT2D eigenvalue weighted by atomic mass is 35.5. The van der Waals surface area contributed by atoms with Crippen molar-refractivity contribution < 1.29 is 4.79 Å². The molecule has 0 aliphatic rings. The van der Waals surface area contributed by atoms with Crippen molar-refractivity contribution in [3.63, 3.8) is 0 Å². The number of carbonyl (C=O) groups is 1. The van der Waals surface area contributed by atoms with Gasteiger partial charge in [-0.05, 0) is 42.5 Å². The number of nitrogens with zero attached hydrogens (tertiary/aromatic N) is 2. The molecule has 100 valence electrons. The molecule has 0 atom stereocenters. The summed E-state index contributed by atoms with van der Waals surface area (Å²) < 4.78 is 0. The van der Waals surface area contributed by atoms with E-state index in [1.54, 1.807) is 49.5 Å². The van der Waals surface area contributed by atoms with Gasteiger partial charge in [0.25, 0.3) is 5.91 Å². The van der Waals surface area contributed by atoms with E-state index in [0.29, 0.717) is 27.5 Å². The molecule has 4 nitrogen and oxygen atoms in total. The maximum atomic E-state index is 12.3. The van der Waals surface area contributed by atoms with Gasteiger partial charge in [-0.15, -0.1) is 0 Å². The number of hydrogen-bond acceptors (Lipinski definition) is 3. The minimum atomic E-state index is -0.196. The number of nitrogens with two attached hydrogens (primary N) is 1. The Hall–Kier alpha value is -2.51. The van der Waals surface area contributed by atoms with Crippen LogP contribution in [0.2, 0.25) is 5.02 Å². The van der Waals surface area contributed by atoms with Crippen molar-refractivity contribution in [2.75, 3.05) is 17.7 Å². The summed E-state index contributed by atoms with van der Waals surface area (Å²) in [6, 6.07) is 13.6. The van der Waals surface area contributed by atoms with Crippen molar-refractivity contribution in [2.24, 2.45) is 0 Å². The normalized spacial score (nSPS) is 9.85. The van der Waals surface area contributed by atoms with Crippen molar-refractivity contribution in [1.29, 1.82) is 5.26 Å². The van der Waals surface area contributed by atoms with Crippen molar-refractivity contribution in [2.45, 2.75) is 0 Å². The molecule has 0 aliphatic heterocycles. The quantitative estimate of drug-likeness (QED) is 0.862. The highest BCUT2D eigenvalue weighted by Crippen LogP contribution is 2.22. The molecule has 2 N–H and O–H groups in total. The Morgan fingerprint density at radius 1 is 1.25 bits per heavy atom. The van der Waals surface area contributed by atoms with E-state index in [1.807, 2.05) is 6.07 Å². The first-order chi connectivity index (χ1) is 9.52. The van der Waals surface area contributed by atoms with Gasteiger partial charge in [0, 0.05) is 18.3 Å². The van der Waals surface area contributed by atoms with Gasteiger partial charge in [0.2, 0.25) is 0 Å². The third-order valence-electron chi connectivity index (χ3n) is 2.93.